The van der Waals surface area contributed by atoms with Crippen molar-refractivity contribution in [2.75, 3.05) is 26.4 Å². The van der Waals surface area contributed by atoms with Gasteiger partial charge in [-0.15, -0.1) is 0 Å². The zero-order valence-corrected chi connectivity index (χ0v) is 40.8. The fourth-order valence-corrected chi connectivity index (χ4v) is 11.5. The van der Waals surface area contributed by atoms with Gasteiger partial charge in [-0.2, -0.15) is 0 Å². The number of aryl methyl sites for hydroxylation is 4. The predicted molar refractivity (Wildman–Crippen MR) is 258 cm³/mol. The quantitative estimate of drug-likeness (QED) is 0.0537. The summed E-state index contributed by atoms with van der Waals surface area (Å²) in [6, 6.07) is 14.5. The second-order valence-corrected chi connectivity index (χ2v) is 19.6. The zero-order valence-electron chi connectivity index (χ0n) is 40.8. The molecule has 4 aromatic rings. The van der Waals surface area contributed by atoms with E-state index in [0.29, 0.717) is 73.1 Å². The second-order valence-electron chi connectivity index (χ2n) is 19.6. The van der Waals surface area contributed by atoms with Crippen LogP contribution in [0.5, 0.6) is 23.0 Å². The maximum absolute atomic E-state index is 12.6. The molecule has 0 heterocycles. The van der Waals surface area contributed by atoms with E-state index in [1.54, 1.807) is 52.0 Å². The van der Waals surface area contributed by atoms with E-state index < -0.39 is 61.1 Å². The van der Waals surface area contributed by atoms with E-state index in [4.69, 9.17) is 18.9 Å². The van der Waals surface area contributed by atoms with Crippen LogP contribution in [0.2, 0.25) is 0 Å². The number of carboxylic acid groups (broad SMARTS) is 4. The molecule has 2 aliphatic rings. The highest BCUT2D eigenvalue weighted by atomic mass is 16.5. The first-order valence-corrected chi connectivity index (χ1v) is 23.4. The predicted octanol–water partition coefficient (Wildman–Crippen LogP) is 8.70. The molecule has 0 atom stereocenters. The van der Waals surface area contributed by atoms with Crippen molar-refractivity contribution in [1.82, 2.24) is 0 Å². The summed E-state index contributed by atoms with van der Waals surface area (Å²) in [5.74, 6) is -3.79. The molecule has 16 heteroatoms. The van der Waals surface area contributed by atoms with E-state index >= 15 is 0 Å². The van der Waals surface area contributed by atoms with Crippen LogP contribution in [0, 0.1) is 44.9 Å². The van der Waals surface area contributed by atoms with Crippen LogP contribution >= 0.6 is 0 Å². The number of carboxylic acids is 4. The summed E-state index contributed by atoms with van der Waals surface area (Å²) >= 11 is 0. The van der Waals surface area contributed by atoms with Gasteiger partial charge in [0.1, 0.15) is 23.0 Å². The number of benzene rings is 4. The van der Waals surface area contributed by atoms with Gasteiger partial charge in [-0.1, -0.05) is 38.1 Å². The average Bonchev–Trinajstić information content (AvgIpc) is 3.33. The lowest BCUT2D eigenvalue weighted by Gasteiger charge is -2.52. The molecular formula is C55H60O16. The van der Waals surface area contributed by atoms with Crippen molar-refractivity contribution in [3.8, 4) is 23.0 Å². The van der Waals surface area contributed by atoms with Crippen LogP contribution < -0.4 is 18.9 Å². The Kier molecular flexibility index (Phi) is 16.2. The van der Waals surface area contributed by atoms with E-state index in [2.05, 4.69) is 13.8 Å². The molecule has 0 saturated heterocycles. The molecular weight excluding hydrogens is 917 g/mol. The highest BCUT2D eigenvalue weighted by Gasteiger charge is 2.49. The molecule has 71 heavy (non-hydrogen) atoms. The largest absolute Gasteiger partial charge is 0.481 e. The standard InChI is InChI=1S/C55H60O16/c1-31-15-41(19-35(23-56)49(31)68-27-45(60)61)54(42-16-32(2)50(36(20-42)24-57)69-28-46(62)63)11-7-39(8-12-54)53(5,6)40-9-13-55(14-10-40,43-17-33(3)51(37(21-43)25-58)70-29-47(64)65)44-18-34(4)52(38(22-44)26-59)71-30-48(66)67/h15-26,39-40H,7-14,27-30H2,1-6H3,(H,60,61)(H,62,63)(H,64,65)(H,66,67). The van der Waals surface area contributed by atoms with Crippen LogP contribution in [-0.2, 0) is 30.0 Å². The number of aldehydes is 4. The summed E-state index contributed by atoms with van der Waals surface area (Å²) in [5.41, 5.74) is 4.32. The van der Waals surface area contributed by atoms with Crippen molar-refractivity contribution in [3.63, 3.8) is 0 Å². The van der Waals surface area contributed by atoms with Crippen LogP contribution in [0.4, 0.5) is 0 Å². The minimum Gasteiger partial charge on any atom is -0.481 e. The molecule has 0 spiro atoms. The lowest BCUT2D eigenvalue weighted by Crippen LogP contribution is -2.43. The molecule has 16 nitrogen and oxygen atoms in total. The van der Waals surface area contributed by atoms with Gasteiger partial charge >= 0.3 is 23.9 Å². The number of ether oxygens (including phenoxy) is 4. The molecule has 0 aliphatic heterocycles. The molecule has 0 unspecified atom stereocenters. The van der Waals surface area contributed by atoms with Gasteiger partial charge in [-0.3, -0.25) is 19.2 Å². The molecule has 0 aromatic heterocycles. The van der Waals surface area contributed by atoms with Crippen LogP contribution in [0.1, 0.15) is 151 Å². The fraction of sp³-hybridized carbons (Fsp3) is 0.418. The lowest BCUT2D eigenvalue weighted by atomic mass is 9.53. The number of carbonyl (C=O) groups excluding carboxylic acids is 4. The molecule has 376 valence electrons. The zero-order chi connectivity index (χ0) is 52.0. The number of hydrogen-bond donors (Lipinski definition) is 4. The molecule has 2 fully saturated rings. The first-order valence-electron chi connectivity index (χ1n) is 23.4. The summed E-state index contributed by atoms with van der Waals surface area (Å²) in [6.45, 7) is 8.97. The highest BCUT2D eigenvalue weighted by molar-refractivity contribution is 5.85. The Morgan fingerprint density at radius 1 is 0.451 bits per heavy atom. The Labute approximate surface area is 411 Å². The topological polar surface area (TPSA) is 254 Å². The molecule has 4 aromatic carbocycles. The van der Waals surface area contributed by atoms with Crippen LogP contribution in [0.3, 0.4) is 0 Å². The van der Waals surface area contributed by atoms with Gasteiger partial charge in [0.15, 0.2) is 51.6 Å². The second kappa shape index (κ2) is 21.7. The van der Waals surface area contributed by atoms with E-state index in [-0.39, 0.29) is 62.5 Å². The third kappa shape index (κ3) is 11.0. The monoisotopic (exact) mass is 976 g/mol. The summed E-state index contributed by atoms with van der Waals surface area (Å²) in [4.78, 5) is 96.3. The van der Waals surface area contributed by atoms with E-state index in [1.165, 1.54) is 0 Å². The third-order valence-electron chi connectivity index (χ3n) is 15.1. The van der Waals surface area contributed by atoms with E-state index in [0.717, 1.165) is 47.9 Å². The van der Waals surface area contributed by atoms with Gasteiger partial charge in [0.2, 0.25) is 0 Å². The molecule has 6 rings (SSSR count). The minimum absolute atomic E-state index is 0.159. The summed E-state index contributed by atoms with van der Waals surface area (Å²) in [5, 5.41) is 37.4. The first-order chi connectivity index (χ1) is 33.6. The Morgan fingerprint density at radius 3 is 0.845 bits per heavy atom. The Morgan fingerprint density at radius 2 is 0.662 bits per heavy atom. The van der Waals surface area contributed by atoms with Crippen molar-refractivity contribution in [2.24, 2.45) is 17.3 Å². The SMILES string of the molecule is Cc1cc(C2(c3cc(C)c(OCC(=O)O)c(C=O)c3)CCC(C(C)(C)C3CCC(c4cc(C)c(OCC(=O)O)c(C=O)c4)(c4cc(C)c(OCC(=O)O)c(C=O)c4)CC3)CC2)cc(C=O)c1OCC(=O)O. The molecule has 0 radical (unpaired) electrons. The molecule has 2 saturated carbocycles. The minimum atomic E-state index is -1.20. The fourth-order valence-electron chi connectivity index (χ4n) is 11.5. The molecule has 2 aliphatic carbocycles. The van der Waals surface area contributed by atoms with Crippen molar-refractivity contribution in [2.45, 2.75) is 104 Å². The maximum Gasteiger partial charge on any atom is 0.341 e. The van der Waals surface area contributed by atoms with Gasteiger partial charge in [-0.25, -0.2) is 19.2 Å². The van der Waals surface area contributed by atoms with Crippen molar-refractivity contribution in [3.05, 3.63) is 115 Å². The van der Waals surface area contributed by atoms with Gasteiger partial charge in [0.05, 0.1) is 22.3 Å². The summed E-state index contributed by atoms with van der Waals surface area (Å²) in [7, 11) is 0. The Hall–Kier alpha value is -7.36. The third-order valence-corrected chi connectivity index (χ3v) is 15.1. The lowest BCUT2D eigenvalue weighted by molar-refractivity contribution is -0.140. The summed E-state index contributed by atoms with van der Waals surface area (Å²) < 4.78 is 22.3. The van der Waals surface area contributed by atoms with Crippen LogP contribution in [0.25, 0.3) is 0 Å². The van der Waals surface area contributed by atoms with E-state index in [1.807, 2.05) is 24.3 Å². The maximum atomic E-state index is 12.6. The van der Waals surface area contributed by atoms with Gasteiger partial charge < -0.3 is 39.4 Å². The number of hydrogen-bond acceptors (Lipinski definition) is 12. The molecule has 0 bridgehead atoms. The average molecular weight is 977 g/mol. The van der Waals surface area contributed by atoms with E-state index in [9.17, 15) is 58.8 Å². The van der Waals surface area contributed by atoms with Crippen LogP contribution in [0.15, 0.2) is 48.5 Å². The van der Waals surface area contributed by atoms with Gasteiger partial charge in [-0.05, 0) is 165 Å². The van der Waals surface area contributed by atoms with Crippen LogP contribution in [-0.4, -0.2) is 95.9 Å². The number of aliphatic carboxylic acids is 4. The molecule has 0 amide bonds. The number of carbonyl (C=O) groups is 8. The first kappa shape index (κ1) is 53.0. The normalized spacial score (nSPS) is 15.7. The summed E-state index contributed by atoms with van der Waals surface area (Å²) in [6.07, 6.45) is 7.81. The van der Waals surface area contributed by atoms with Crippen molar-refractivity contribution < 1.29 is 77.7 Å². The van der Waals surface area contributed by atoms with Crippen molar-refractivity contribution >= 4 is 49.0 Å². The Balaban J connectivity index is 1.38. The van der Waals surface area contributed by atoms with Crippen molar-refractivity contribution in [1.29, 1.82) is 0 Å². The molecule has 4 N–H and O–H groups in total. The van der Waals surface area contributed by atoms with Gasteiger partial charge in [0, 0.05) is 10.8 Å². The highest BCUT2D eigenvalue weighted by Crippen LogP contribution is 2.58. The number of rotatable bonds is 22. The smallest absolute Gasteiger partial charge is 0.341 e. The van der Waals surface area contributed by atoms with Gasteiger partial charge in [0.25, 0.3) is 0 Å². The Bertz CT molecular complexity index is 2400.